The molecular weight excluding hydrogens is 278 g/mol. The molecule has 0 atom stereocenters. The molecule has 0 aliphatic heterocycles. The quantitative estimate of drug-likeness (QED) is 0.906. The second-order valence-corrected chi connectivity index (χ2v) is 5.33. The minimum atomic E-state index is -0.160. The number of aryl methyl sites for hydroxylation is 1. The summed E-state index contributed by atoms with van der Waals surface area (Å²) < 4.78 is 10.8. The molecule has 0 aliphatic rings. The van der Waals surface area contributed by atoms with Crippen molar-refractivity contribution < 1.29 is 14.3 Å². The molecule has 2 aromatic carbocycles. The van der Waals surface area contributed by atoms with E-state index in [0.29, 0.717) is 11.3 Å². The lowest BCUT2D eigenvalue weighted by Gasteiger charge is -2.12. The third-order valence-electron chi connectivity index (χ3n) is 3.12. The summed E-state index contributed by atoms with van der Waals surface area (Å²) in [7, 11) is 1.61. The van der Waals surface area contributed by atoms with Crippen molar-refractivity contribution in [1.29, 1.82) is 0 Å². The fourth-order valence-electron chi connectivity index (χ4n) is 2.14. The Kier molecular flexibility index (Phi) is 5.04. The van der Waals surface area contributed by atoms with Gasteiger partial charge in [-0.2, -0.15) is 0 Å². The Morgan fingerprint density at radius 3 is 2.55 bits per heavy atom. The highest BCUT2D eigenvalue weighted by Crippen LogP contribution is 2.21. The first-order valence-corrected chi connectivity index (χ1v) is 7.22. The summed E-state index contributed by atoms with van der Waals surface area (Å²) in [5, 5.41) is 2.88. The monoisotopic (exact) mass is 299 g/mol. The van der Waals surface area contributed by atoms with E-state index in [2.05, 4.69) is 5.32 Å². The molecule has 2 aromatic rings. The van der Waals surface area contributed by atoms with Crippen LogP contribution in [0.5, 0.6) is 11.5 Å². The molecule has 0 saturated carbocycles. The van der Waals surface area contributed by atoms with Gasteiger partial charge < -0.3 is 14.8 Å². The zero-order valence-corrected chi connectivity index (χ0v) is 13.3. The van der Waals surface area contributed by atoms with Crippen LogP contribution in [-0.4, -0.2) is 19.1 Å². The predicted octanol–water partition coefficient (Wildman–Crippen LogP) is 4.04. The average molecular weight is 299 g/mol. The van der Waals surface area contributed by atoms with Crippen molar-refractivity contribution in [2.75, 3.05) is 12.4 Å². The maximum Gasteiger partial charge on any atom is 0.255 e. The average Bonchev–Trinajstić information content (AvgIpc) is 2.46. The summed E-state index contributed by atoms with van der Waals surface area (Å²) in [6, 6.07) is 12.7. The van der Waals surface area contributed by atoms with Gasteiger partial charge in [-0.05, 0) is 56.7 Å². The fraction of sp³-hybridized carbons (Fsp3) is 0.278. The molecule has 2 rings (SSSR count). The highest BCUT2D eigenvalue weighted by Gasteiger charge is 2.09. The van der Waals surface area contributed by atoms with Gasteiger partial charge in [-0.15, -0.1) is 0 Å². The molecule has 1 amide bonds. The molecule has 116 valence electrons. The zero-order chi connectivity index (χ0) is 16.1. The van der Waals surface area contributed by atoms with Crippen LogP contribution in [0.25, 0.3) is 0 Å². The van der Waals surface area contributed by atoms with Gasteiger partial charge in [0, 0.05) is 17.3 Å². The summed E-state index contributed by atoms with van der Waals surface area (Å²) in [6.07, 6.45) is 0.0928. The molecule has 0 bridgehead atoms. The number of carbonyl (C=O) groups is 1. The minimum absolute atomic E-state index is 0.0928. The SMILES string of the molecule is COc1ccc(C(=O)Nc2cccc(OC(C)C)c2)cc1C. The molecule has 4 heteroatoms. The standard InChI is InChI=1S/C18H21NO3/c1-12(2)22-16-7-5-6-15(11-16)19-18(20)14-8-9-17(21-4)13(3)10-14/h5-12H,1-4H3,(H,19,20). The van der Waals surface area contributed by atoms with Gasteiger partial charge in [0.05, 0.1) is 13.2 Å². The molecular formula is C18H21NO3. The Balaban J connectivity index is 2.13. The molecule has 0 saturated heterocycles. The van der Waals surface area contributed by atoms with Crippen LogP contribution < -0.4 is 14.8 Å². The van der Waals surface area contributed by atoms with Crippen molar-refractivity contribution >= 4 is 11.6 Å². The Bertz CT molecular complexity index is 665. The number of nitrogens with one attached hydrogen (secondary N) is 1. The molecule has 0 radical (unpaired) electrons. The van der Waals surface area contributed by atoms with Crippen LogP contribution in [0.2, 0.25) is 0 Å². The first kappa shape index (κ1) is 15.9. The third-order valence-corrected chi connectivity index (χ3v) is 3.12. The Morgan fingerprint density at radius 1 is 1.14 bits per heavy atom. The van der Waals surface area contributed by atoms with Crippen LogP contribution in [0.1, 0.15) is 29.8 Å². The van der Waals surface area contributed by atoms with E-state index in [9.17, 15) is 4.79 Å². The maximum absolute atomic E-state index is 12.3. The molecule has 0 fully saturated rings. The molecule has 0 spiro atoms. The van der Waals surface area contributed by atoms with Crippen LogP contribution in [0.4, 0.5) is 5.69 Å². The van der Waals surface area contributed by atoms with E-state index in [1.165, 1.54) is 0 Å². The van der Waals surface area contributed by atoms with Gasteiger partial charge in [0.15, 0.2) is 0 Å². The fourth-order valence-corrected chi connectivity index (χ4v) is 2.14. The van der Waals surface area contributed by atoms with Crippen molar-refractivity contribution in [2.45, 2.75) is 26.9 Å². The number of rotatable bonds is 5. The summed E-state index contributed by atoms with van der Waals surface area (Å²) in [5.41, 5.74) is 2.22. The van der Waals surface area contributed by atoms with Crippen molar-refractivity contribution in [3.63, 3.8) is 0 Å². The highest BCUT2D eigenvalue weighted by atomic mass is 16.5. The van der Waals surface area contributed by atoms with E-state index < -0.39 is 0 Å². The van der Waals surface area contributed by atoms with Gasteiger partial charge in [-0.25, -0.2) is 0 Å². The predicted molar refractivity (Wildman–Crippen MR) is 87.9 cm³/mol. The third kappa shape index (κ3) is 4.01. The second kappa shape index (κ2) is 6.98. The lowest BCUT2D eigenvalue weighted by atomic mass is 10.1. The van der Waals surface area contributed by atoms with Crippen LogP contribution in [0.3, 0.4) is 0 Å². The van der Waals surface area contributed by atoms with Gasteiger partial charge in [0.2, 0.25) is 0 Å². The van der Waals surface area contributed by atoms with Gasteiger partial charge in [-0.1, -0.05) is 6.07 Å². The number of methoxy groups -OCH3 is 1. The van der Waals surface area contributed by atoms with E-state index in [1.54, 1.807) is 19.2 Å². The molecule has 0 aromatic heterocycles. The van der Waals surface area contributed by atoms with E-state index in [0.717, 1.165) is 17.1 Å². The largest absolute Gasteiger partial charge is 0.496 e. The zero-order valence-electron chi connectivity index (χ0n) is 13.3. The van der Waals surface area contributed by atoms with Crippen LogP contribution in [0, 0.1) is 6.92 Å². The van der Waals surface area contributed by atoms with E-state index >= 15 is 0 Å². The van der Waals surface area contributed by atoms with Crippen LogP contribution in [-0.2, 0) is 0 Å². The van der Waals surface area contributed by atoms with Gasteiger partial charge in [0.25, 0.3) is 5.91 Å². The summed E-state index contributed by atoms with van der Waals surface area (Å²) in [4.78, 5) is 12.3. The Hall–Kier alpha value is -2.49. The van der Waals surface area contributed by atoms with Crippen LogP contribution in [0.15, 0.2) is 42.5 Å². The lowest BCUT2D eigenvalue weighted by molar-refractivity contribution is 0.102. The summed E-state index contributed by atoms with van der Waals surface area (Å²) in [5.74, 6) is 1.34. The van der Waals surface area contributed by atoms with Gasteiger partial charge >= 0.3 is 0 Å². The topological polar surface area (TPSA) is 47.6 Å². The number of ether oxygens (including phenoxy) is 2. The molecule has 22 heavy (non-hydrogen) atoms. The van der Waals surface area contributed by atoms with E-state index in [1.807, 2.05) is 51.1 Å². The number of amides is 1. The second-order valence-electron chi connectivity index (χ2n) is 5.33. The number of anilines is 1. The molecule has 0 unspecified atom stereocenters. The Morgan fingerprint density at radius 2 is 1.91 bits per heavy atom. The van der Waals surface area contributed by atoms with Crippen molar-refractivity contribution in [3.05, 3.63) is 53.6 Å². The van der Waals surface area contributed by atoms with Gasteiger partial charge in [0.1, 0.15) is 11.5 Å². The normalized spacial score (nSPS) is 10.4. The summed E-state index contributed by atoms with van der Waals surface area (Å²) in [6.45, 7) is 5.84. The van der Waals surface area contributed by atoms with E-state index in [-0.39, 0.29) is 12.0 Å². The Labute approximate surface area is 131 Å². The van der Waals surface area contributed by atoms with Crippen molar-refractivity contribution in [3.8, 4) is 11.5 Å². The molecule has 0 aliphatic carbocycles. The number of hydrogen-bond donors (Lipinski definition) is 1. The highest BCUT2D eigenvalue weighted by molar-refractivity contribution is 6.04. The van der Waals surface area contributed by atoms with Gasteiger partial charge in [-0.3, -0.25) is 4.79 Å². The first-order chi connectivity index (χ1) is 10.5. The lowest BCUT2D eigenvalue weighted by Crippen LogP contribution is -2.12. The van der Waals surface area contributed by atoms with Crippen molar-refractivity contribution in [1.82, 2.24) is 0 Å². The van der Waals surface area contributed by atoms with Crippen molar-refractivity contribution in [2.24, 2.45) is 0 Å². The number of hydrogen-bond acceptors (Lipinski definition) is 3. The number of carbonyl (C=O) groups excluding carboxylic acids is 1. The first-order valence-electron chi connectivity index (χ1n) is 7.22. The summed E-state index contributed by atoms with van der Waals surface area (Å²) >= 11 is 0. The smallest absolute Gasteiger partial charge is 0.255 e. The van der Waals surface area contributed by atoms with Crippen LogP contribution >= 0.6 is 0 Å². The molecule has 0 heterocycles. The number of benzene rings is 2. The molecule has 4 nitrogen and oxygen atoms in total. The minimum Gasteiger partial charge on any atom is -0.496 e. The maximum atomic E-state index is 12.3. The van der Waals surface area contributed by atoms with E-state index in [4.69, 9.17) is 9.47 Å². The molecule has 1 N–H and O–H groups in total.